The zero-order valence-electron chi connectivity index (χ0n) is 12.5. The predicted octanol–water partition coefficient (Wildman–Crippen LogP) is -0.0614. The molecule has 0 aliphatic carbocycles. The largest absolute Gasteiger partial charge is 0.495 e. The Bertz CT molecular complexity index is 696. The number of hydrogen-bond acceptors (Lipinski definition) is 6. The van der Waals surface area contributed by atoms with Crippen LogP contribution in [-0.4, -0.2) is 62.3 Å². The highest BCUT2D eigenvalue weighted by Crippen LogP contribution is 2.26. The smallest absolute Gasteiger partial charge is 0.244 e. The van der Waals surface area contributed by atoms with E-state index in [0.717, 1.165) is 12.3 Å². The fraction of sp³-hybridized carbons (Fsp3) is 0.500. The quantitative estimate of drug-likeness (QED) is 0.750. The summed E-state index contributed by atoms with van der Waals surface area (Å²) in [4.78, 5) is 1.56. The summed E-state index contributed by atoms with van der Waals surface area (Å²) in [5.41, 5.74) is 0. The second-order valence-electron chi connectivity index (χ2n) is 4.79. The molecular formula is C12H20N2O5S2. The lowest BCUT2D eigenvalue weighted by Crippen LogP contribution is -2.31. The van der Waals surface area contributed by atoms with Gasteiger partial charge in [-0.2, -0.15) is 0 Å². The van der Waals surface area contributed by atoms with E-state index in [9.17, 15) is 16.8 Å². The molecule has 9 heteroatoms. The molecule has 0 fully saturated rings. The maximum atomic E-state index is 12.3. The third-order valence-corrected chi connectivity index (χ3v) is 5.30. The average molecular weight is 336 g/mol. The van der Waals surface area contributed by atoms with Crippen LogP contribution in [0.2, 0.25) is 0 Å². The topological polar surface area (TPSA) is 92.8 Å². The third kappa shape index (κ3) is 4.95. The average Bonchev–Trinajstić information content (AvgIpc) is 2.36. The van der Waals surface area contributed by atoms with Crippen molar-refractivity contribution >= 4 is 19.9 Å². The summed E-state index contributed by atoms with van der Waals surface area (Å²) >= 11 is 0. The van der Waals surface area contributed by atoms with Gasteiger partial charge in [0.05, 0.1) is 12.0 Å². The summed E-state index contributed by atoms with van der Waals surface area (Å²) in [6.45, 7) is 0.731. The first-order valence-corrected chi connectivity index (χ1v) is 9.48. The van der Waals surface area contributed by atoms with Crippen molar-refractivity contribution < 1.29 is 21.6 Å². The number of sulfone groups is 1. The van der Waals surface area contributed by atoms with Crippen LogP contribution < -0.4 is 9.46 Å². The Labute approximate surface area is 125 Å². The van der Waals surface area contributed by atoms with Crippen LogP contribution in [0.4, 0.5) is 0 Å². The van der Waals surface area contributed by atoms with Gasteiger partial charge in [-0.3, -0.25) is 0 Å². The van der Waals surface area contributed by atoms with Gasteiger partial charge in [0, 0.05) is 19.3 Å². The number of ether oxygens (including phenoxy) is 1. The first-order valence-electron chi connectivity index (χ1n) is 6.10. The van der Waals surface area contributed by atoms with Crippen LogP contribution in [0.15, 0.2) is 28.0 Å². The SMILES string of the molecule is COc1ccc(S(C)(=O)=O)cc1S(=O)(=O)NCCN(C)C. The molecule has 0 bridgehead atoms. The molecule has 0 amide bonds. The Morgan fingerprint density at radius 2 is 1.81 bits per heavy atom. The standard InChI is InChI=1S/C12H20N2O5S2/c1-14(2)8-7-13-21(17,18)12-9-10(20(4,15)16)5-6-11(12)19-3/h5-6,9,13H,7-8H2,1-4H3. The fourth-order valence-electron chi connectivity index (χ4n) is 1.58. The lowest BCUT2D eigenvalue weighted by Gasteiger charge is -2.13. The molecule has 21 heavy (non-hydrogen) atoms. The number of hydrogen-bond donors (Lipinski definition) is 1. The number of likely N-dealkylation sites (N-methyl/N-ethyl adjacent to an activating group) is 1. The number of sulfonamides is 1. The van der Waals surface area contributed by atoms with E-state index in [1.807, 2.05) is 19.0 Å². The number of benzene rings is 1. The van der Waals surface area contributed by atoms with Gasteiger partial charge in [0.2, 0.25) is 10.0 Å². The maximum Gasteiger partial charge on any atom is 0.244 e. The second-order valence-corrected chi connectivity index (χ2v) is 8.54. The van der Waals surface area contributed by atoms with Gasteiger partial charge < -0.3 is 9.64 Å². The molecule has 0 unspecified atom stereocenters. The van der Waals surface area contributed by atoms with Crippen LogP contribution in [0.25, 0.3) is 0 Å². The van der Waals surface area contributed by atoms with Gasteiger partial charge >= 0.3 is 0 Å². The predicted molar refractivity (Wildman–Crippen MR) is 79.8 cm³/mol. The van der Waals surface area contributed by atoms with Gasteiger partial charge in [-0.1, -0.05) is 0 Å². The maximum absolute atomic E-state index is 12.3. The molecule has 0 atom stereocenters. The van der Waals surface area contributed by atoms with E-state index in [0.29, 0.717) is 6.54 Å². The molecule has 1 aromatic rings. The molecule has 0 aromatic heterocycles. The lowest BCUT2D eigenvalue weighted by atomic mass is 10.3. The normalized spacial score (nSPS) is 12.6. The van der Waals surface area contributed by atoms with E-state index >= 15 is 0 Å². The number of methoxy groups -OCH3 is 1. The van der Waals surface area contributed by atoms with Gasteiger partial charge in [0.1, 0.15) is 10.6 Å². The molecule has 0 heterocycles. The molecule has 120 valence electrons. The summed E-state index contributed by atoms with van der Waals surface area (Å²) in [7, 11) is -2.38. The second kappa shape index (κ2) is 6.73. The van der Waals surface area contributed by atoms with Gasteiger partial charge in [-0.15, -0.1) is 0 Å². The van der Waals surface area contributed by atoms with Crippen molar-refractivity contribution in [3.05, 3.63) is 18.2 Å². The lowest BCUT2D eigenvalue weighted by molar-refractivity contribution is 0.399. The highest BCUT2D eigenvalue weighted by Gasteiger charge is 2.22. The fourth-order valence-corrected chi connectivity index (χ4v) is 3.51. The zero-order chi connectivity index (χ0) is 16.3. The van der Waals surface area contributed by atoms with E-state index < -0.39 is 19.9 Å². The van der Waals surface area contributed by atoms with Crippen molar-refractivity contribution in [1.29, 1.82) is 0 Å². The Balaban J connectivity index is 3.20. The monoisotopic (exact) mass is 336 g/mol. The van der Waals surface area contributed by atoms with Gasteiger partial charge in [-0.05, 0) is 32.3 Å². The number of nitrogens with zero attached hydrogens (tertiary/aromatic N) is 1. The van der Waals surface area contributed by atoms with Gasteiger partial charge in [-0.25, -0.2) is 21.6 Å². The summed E-state index contributed by atoms with van der Waals surface area (Å²) in [5, 5.41) is 0. The Morgan fingerprint density at radius 3 is 2.29 bits per heavy atom. The van der Waals surface area contributed by atoms with Gasteiger partial charge in [0.15, 0.2) is 9.84 Å². The van der Waals surface area contributed by atoms with Crippen molar-refractivity contribution in [2.24, 2.45) is 0 Å². The van der Waals surface area contributed by atoms with Crippen LogP contribution in [-0.2, 0) is 19.9 Å². The number of nitrogens with one attached hydrogen (secondary N) is 1. The molecule has 1 rings (SSSR count). The van der Waals surface area contributed by atoms with Crippen LogP contribution >= 0.6 is 0 Å². The molecule has 0 spiro atoms. The first-order chi connectivity index (χ1) is 9.58. The molecule has 0 aliphatic heterocycles. The molecular weight excluding hydrogens is 316 g/mol. The van der Waals surface area contributed by atoms with E-state index in [4.69, 9.17) is 4.74 Å². The van der Waals surface area contributed by atoms with E-state index in [2.05, 4.69) is 4.72 Å². The Hall–Kier alpha value is -1.16. The minimum absolute atomic E-state index is 0.0729. The van der Waals surface area contributed by atoms with E-state index in [1.165, 1.54) is 19.2 Å². The summed E-state index contributed by atoms with van der Waals surface area (Å²) in [5.74, 6) is 0.0970. The van der Waals surface area contributed by atoms with Crippen LogP contribution in [0.1, 0.15) is 0 Å². The molecule has 1 N–H and O–H groups in total. The van der Waals surface area contributed by atoms with Gasteiger partial charge in [0.25, 0.3) is 0 Å². The summed E-state index contributed by atoms with van der Waals surface area (Å²) in [6.07, 6.45) is 1.02. The van der Waals surface area contributed by atoms with Crippen molar-refractivity contribution in [2.45, 2.75) is 9.79 Å². The van der Waals surface area contributed by atoms with Crippen molar-refractivity contribution in [3.63, 3.8) is 0 Å². The highest BCUT2D eigenvalue weighted by atomic mass is 32.2. The molecule has 0 saturated carbocycles. The molecule has 0 saturated heterocycles. The molecule has 0 radical (unpaired) electrons. The molecule has 0 aliphatic rings. The Kier molecular flexibility index (Phi) is 5.74. The Morgan fingerprint density at radius 1 is 1.19 bits per heavy atom. The van der Waals surface area contributed by atoms with Crippen LogP contribution in [0.3, 0.4) is 0 Å². The first kappa shape index (κ1) is 17.9. The summed E-state index contributed by atoms with van der Waals surface area (Å²) < 4.78 is 55.1. The molecule has 1 aromatic carbocycles. The zero-order valence-corrected chi connectivity index (χ0v) is 14.1. The van der Waals surface area contributed by atoms with Crippen molar-refractivity contribution in [1.82, 2.24) is 9.62 Å². The molecule has 7 nitrogen and oxygen atoms in total. The number of rotatable bonds is 7. The van der Waals surface area contributed by atoms with Crippen molar-refractivity contribution in [2.75, 3.05) is 40.6 Å². The summed E-state index contributed by atoms with van der Waals surface area (Å²) in [6, 6.07) is 3.75. The minimum Gasteiger partial charge on any atom is -0.495 e. The van der Waals surface area contributed by atoms with E-state index in [-0.39, 0.29) is 22.1 Å². The van der Waals surface area contributed by atoms with Crippen LogP contribution in [0, 0.1) is 0 Å². The highest BCUT2D eigenvalue weighted by molar-refractivity contribution is 7.91. The minimum atomic E-state index is -3.85. The third-order valence-electron chi connectivity index (χ3n) is 2.70. The van der Waals surface area contributed by atoms with Crippen LogP contribution in [0.5, 0.6) is 5.75 Å². The van der Waals surface area contributed by atoms with Crippen molar-refractivity contribution in [3.8, 4) is 5.75 Å². The van der Waals surface area contributed by atoms with E-state index in [1.54, 1.807) is 0 Å².